The summed E-state index contributed by atoms with van der Waals surface area (Å²) in [6, 6.07) is 0. The number of anilines is 1. The van der Waals surface area contributed by atoms with Crippen molar-refractivity contribution in [3.63, 3.8) is 0 Å². The van der Waals surface area contributed by atoms with Gasteiger partial charge >= 0.3 is 7.82 Å². The maximum atomic E-state index is 10.7. The first-order valence-corrected chi connectivity index (χ1v) is 9.48. The number of phosphoric acid groups is 1. The van der Waals surface area contributed by atoms with Crippen LogP contribution in [0.2, 0.25) is 0 Å². The van der Waals surface area contributed by atoms with Gasteiger partial charge in [0.25, 0.3) is 5.09 Å². The Kier molecular flexibility index (Phi) is 10.3. The highest BCUT2D eigenvalue weighted by Crippen LogP contribution is 2.35. The van der Waals surface area contributed by atoms with Gasteiger partial charge in [-0.15, -0.1) is 10.1 Å². The smallest absolute Gasteiger partial charge is 0.469 e. The molecule has 2 aromatic heterocycles. The molecule has 0 fully saturated rings. The van der Waals surface area contributed by atoms with Crippen molar-refractivity contribution in [2.45, 2.75) is 26.8 Å². The van der Waals surface area contributed by atoms with Crippen LogP contribution in [0.5, 0.6) is 0 Å². The van der Waals surface area contributed by atoms with Crippen LogP contribution < -0.4 is 22.7 Å². The molecule has 5 N–H and O–H groups in total. The van der Waals surface area contributed by atoms with Crippen LogP contribution in [0, 0.1) is 24.0 Å². The second-order valence-electron chi connectivity index (χ2n) is 5.00. The summed E-state index contributed by atoms with van der Waals surface area (Å²) in [4.78, 5) is 35.0. The van der Waals surface area contributed by atoms with Crippen LogP contribution in [0.15, 0.2) is 11.7 Å². The number of nitrogen functional groups attached to an aromatic ring is 1. The summed E-state index contributed by atoms with van der Waals surface area (Å²) in [6.07, 6.45) is 2.15. The lowest BCUT2D eigenvalue weighted by atomic mass is 10.2. The number of hydrogen-bond acceptors (Lipinski definition) is 8. The fourth-order valence-electron chi connectivity index (χ4n) is 1.92. The Morgan fingerprint density at radius 1 is 1.44 bits per heavy atom. The SMILES string of the molecule is Cc1ncc(C[n+]2csc(CCOP(=O)(O)O)c2C)c(N)n1.O=[N+]([O-])O.[Cl-]. The highest BCUT2D eigenvalue weighted by molar-refractivity contribution is 7.46. The van der Waals surface area contributed by atoms with E-state index in [4.69, 9.17) is 30.8 Å². The first-order valence-electron chi connectivity index (χ1n) is 7.07. The fraction of sp³-hybridized carbons (Fsp3) is 0.417. The number of aromatic nitrogens is 3. The number of hydrogen-bond donors (Lipinski definition) is 4. The highest BCUT2D eigenvalue weighted by atomic mass is 35.5. The second kappa shape index (κ2) is 11.1. The maximum absolute atomic E-state index is 10.7. The minimum Gasteiger partial charge on any atom is -1.00 e. The molecule has 0 amide bonds. The van der Waals surface area contributed by atoms with Crippen LogP contribution in [0.25, 0.3) is 0 Å². The molecule has 0 saturated carbocycles. The summed E-state index contributed by atoms with van der Waals surface area (Å²) < 4.78 is 17.1. The third-order valence-corrected chi connectivity index (χ3v) is 4.77. The molecule has 0 spiro atoms. The molecular formula is C12H19ClN5O7PS. The summed E-state index contributed by atoms with van der Waals surface area (Å²) in [6.45, 7) is 4.24. The number of phosphoric ester groups is 1. The van der Waals surface area contributed by atoms with Crippen molar-refractivity contribution in [1.82, 2.24) is 9.97 Å². The Labute approximate surface area is 164 Å². The van der Waals surface area contributed by atoms with Crippen molar-refractivity contribution >= 4 is 25.0 Å². The van der Waals surface area contributed by atoms with E-state index in [0.717, 1.165) is 16.1 Å². The van der Waals surface area contributed by atoms with E-state index in [-0.39, 0.29) is 19.0 Å². The number of rotatable bonds is 6. The van der Waals surface area contributed by atoms with Gasteiger partial charge in [-0.3, -0.25) is 4.52 Å². The van der Waals surface area contributed by atoms with E-state index in [2.05, 4.69) is 14.5 Å². The molecule has 0 atom stereocenters. The summed E-state index contributed by atoms with van der Waals surface area (Å²) >= 11 is 1.50. The van der Waals surface area contributed by atoms with E-state index in [1.807, 2.05) is 17.0 Å². The predicted octanol–water partition coefficient (Wildman–Crippen LogP) is -2.62. The van der Waals surface area contributed by atoms with Crippen LogP contribution in [-0.4, -0.2) is 36.7 Å². The van der Waals surface area contributed by atoms with Crippen molar-refractivity contribution in [2.75, 3.05) is 12.3 Å². The average Bonchev–Trinajstić information content (AvgIpc) is 2.81. The molecule has 0 unspecified atom stereocenters. The summed E-state index contributed by atoms with van der Waals surface area (Å²) in [5.74, 6) is 1.08. The van der Waals surface area contributed by atoms with E-state index >= 15 is 0 Å². The minimum absolute atomic E-state index is 0. The molecule has 15 heteroatoms. The second-order valence-corrected chi connectivity index (χ2v) is 7.18. The molecule has 12 nitrogen and oxygen atoms in total. The molecule has 0 aliphatic carbocycles. The third kappa shape index (κ3) is 9.56. The Bertz CT molecular complexity index is 811. The van der Waals surface area contributed by atoms with E-state index in [1.165, 1.54) is 11.3 Å². The summed E-state index contributed by atoms with van der Waals surface area (Å²) in [7, 11) is -4.41. The molecule has 0 aliphatic rings. The molecule has 152 valence electrons. The molecule has 0 saturated heterocycles. The predicted molar refractivity (Wildman–Crippen MR) is 90.0 cm³/mol. The monoisotopic (exact) mass is 443 g/mol. The van der Waals surface area contributed by atoms with Crippen molar-refractivity contribution < 1.29 is 46.1 Å². The first-order chi connectivity index (χ1) is 12.0. The lowest BCUT2D eigenvalue weighted by molar-refractivity contribution is -0.742. The summed E-state index contributed by atoms with van der Waals surface area (Å²) in [5.41, 5.74) is 9.65. The van der Waals surface area contributed by atoms with Crippen LogP contribution in [0.4, 0.5) is 5.82 Å². The van der Waals surface area contributed by atoms with Crippen LogP contribution in [-0.2, 0) is 22.1 Å². The number of nitrogens with two attached hydrogens (primary N) is 1. The maximum Gasteiger partial charge on any atom is 0.469 e. The van der Waals surface area contributed by atoms with Crippen molar-refractivity contribution in [2.24, 2.45) is 0 Å². The van der Waals surface area contributed by atoms with Crippen molar-refractivity contribution in [3.05, 3.63) is 43.8 Å². The zero-order valence-electron chi connectivity index (χ0n) is 14.4. The number of halogens is 1. The molecule has 0 aromatic carbocycles. The Morgan fingerprint density at radius 3 is 2.56 bits per heavy atom. The van der Waals surface area contributed by atoms with Gasteiger partial charge in [0.05, 0.1) is 17.0 Å². The Morgan fingerprint density at radius 2 is 2.04 bits per heavy atom. The van der Waals surface area contributed by atoms with Crippen LogP contribution >= 0.6 is 19.2 Å². The van der Waals surface area contributed by atoms with Gasteiger partial charge < -0.3 is 33.1 Å². The number of aryl methyl sites for hydroxylation is 1. The number of thiazole rings is 1. The van der Waals surface area contributed by atoms with Crippen molar-refractivity contribution in [3.8, 4) is 0 Å². The minimum atomic E-state index is -4.41. The standard InChI is InChI=1S/C12H17N4O4PS.ClH.HNO3/c1-8-11(3-4-20-21(17,18)19)22-7-16(8)6-10-5-14-9(2)15-12(10)13;;2-1(3)4/h5,7H,3-4,6H2,1-2H3,(H3-,13,14,15,17,18,19);1H;(H,2,3,4). The molecule has 0 bridgehead atoms. The molecule has 0 radical (unpaired) electrons. The summed E-state index contributed by atoms with van der Waals surface area (Å²) in [5, 5.41) is 13.6. The molecule has 27 heavy (non-hydrogen) atoms. The van der Waals surface area contributed by atoms with Gasteiger partial charge in [0, 0.05) is 19.5 Å². The first kappa shape index (κ1) is 25.1. The van der Waals surface area contributed by atoms with Gasteiger partial charge in [-0.05, 0) is 6.92 Å². The largest absolute Gasteiger partial charge is 1.00 e. The van der Waals surface area contributed by atoms with Gasteiger partial charge in [0.15, 0.2) is 12.2 Å². The van der Waals surface area contributed by atoms with E-state index in [0.29, 0.717) is 24.6 Å². The van der Waals surface area contributed by atoms with E-state index < -0.39 is 12.9 Å². The third-order valence-electron chi connectivity index (χ3n) is 3.10. The lowest BCUT2D eigenvalue weighted by Crippen LogP contribution is -3.00. The van der Waals surface area contributed by atoms with Crippen molar-refractivity contribution in [1.29, 1.82) is 0 Å². The normalized spacial score (nSPS) is 10.5. The zero-order valence-corrected chi connectivity index (χ0v) is 16.8. The molecule has 2 rings (SSSR count). The molecular weight excluding hydrogens is 425 g/mol. The molecule has 0 aliphatic heterocycles. The van der Waals surface area contributed by atoms with E-state index in [9.17, 15) is 4.57 Å². The Balaban J connectivity index is 0.00000123. The van der Waals surface area contributed by atoms with Gasteiger partial charge in [-0.25, -0.2) is 14.5 Å². The van der Waals surface area contributed by atoms with Gasteiger partial charge in [0.1, 0.15) is 11.6 Å². The topological polar surface area (TPSA) is 186 Å². The number of nitrogens with zero attached hydrogens (tertiary/aromatic N) is 4. The average molecular weight is 444 g/mol. The zero-order chi connectivity index (χ0) is 19.9. The fourth-order valence-corrected chi connectivity index (χ4v) is 3.23. The Hall–Kier alpha value is -1.89. The molecule has 2 heterocycles. The van der Waals surface area contributed by atoms with Gasteiger partial charge in [0.2, 0.25) is 5.51 Å². The lowest BCUT2D eigenvalue weighted by Gasteiger charge is -2.04. The quantitative estimate of drug-likeness (QED) is 0.159. The molecule has 2 aromatic rings. The van der Waals surface area contributed by atoms with E-state index in [1.54, 1.807) is 13.1 Å². The van der Waals surface area contributed by atoms with Crippen LogP contribution in [0.1, 0.15) is 22.0 Å². The van der Waals surface area contributed by atoms with Gasteiger partial charge in [-0.2, -0.15) is 4.57 Å². The van der Waals surface area contributed by atoms with Gasteiger partial charge in [-0.1, -0.05) is 11.3 Å². The van der Waals surface area contributed by atoms with Crippen LogP contribution in [0.3, 0.4) is 0 Å². The highest BCUT2D eigenvalue weighted by Gasteiger charge is 2.19.